The SMILES string of the molecule is CC1=CCC(C)(C)C[C@@H]2C(=O)CC[C@@H]12. The number of carbonyl (C=O) groups is 1. The highest BCUT2D eigenvalue weighted by molar-refractivity contribution is 5.84. The Hall–Kier alpha value is -0.590. The van der Waals surface area contributed by atoms with Gasteiger partial charge in [-0.3, -0.25) is 4.79 Å². The Morgan fingerprint density at radius 3 is 2.79 bits per heavy atom. The van der Waals surface area contributed by atoms with Crippen molar-refractivity contribution in [2.75, 3.05) is 0 Å². The van der Waals surface area contributed by atoms with Gasteiger partial charge in [0.25, 0.3) is 0 Å². The highest BCUT2D eigenvalue weighted by atomic mass is 16.1. The Balaban J connectivity index is 2.29. The summed E-state index contributed by atoms with van der Waals surface area (Å²) < 4.78 is 0. The molecule has 2 aliphatic rings. The third-order valence-electron chi connectivity index (χ3n) is 3.93. The molecule has 0 aromatic rings. The normalized spacial score (nSPS) is 36.2. The van der Waals surface area contributed by atoms with Crippen LogP contribution < -0.4 is 0 Å². The van der Waals surface area contributed by atoms with Crippen LogP contribution in [0, 0.1) is 17.3 Å². The number of ketones is 1. The average Bonchev–Trinajstić information content (AvgIpc) is 2.38. The maximum absolute atomic E-state index is 11.8. The fourth-order valence-corrected chi connectivity index (χ4v) is 2.98. The summed E-state index contributed by atoms with van der Waals surface area (Å²) in [5.41, 5.74) is 1.78. The predicted molar refractivity (Wildman–Crippen MR) is 58.0 cm³/mol. The van der Waals surface area contributed by atoms with Gasteiger partial charge in [-0.15, -0.1) is 0 Å². The number of rotatable bonds is 0. The van der Waals surface area contributed by atoms with E-state index in [1.165, 1.54) is 5.57 Å². The van der Waals surface area contributed by atoms with Gasteiger partial charge in [0.2, 0.25) is 0 Å². The van der Waals surface area contributed by atoms with Crippen molar-refractivity contribution in [1.29, 1.82) is 0 Å². The van der Waals surface area contributed by atoms with Crippen molar-refractivity contribution >= 4 is 5.78 Å². The molecule has 2 rings (SSSR count). The third-order valence-corrected chi connectivity index (χ3v) is 3.93. The Morgan fingerprint density at radius 1 is 1.36 bits per heavy atom. The van der Waals surface area contributed by atoms with E-state index in [9.17, 15) is 4.79 Å². The molecule has 0 radical (unpaired) electrons. The van der Waals surface area contributed by atoms with Crippen LogP contribution >= 0.6 is 0 Å². The van der Waals surface area contributed by atoms with Crippen molar-refractivity contribution in [1.82, 2.24) is 0 Å². The molecule has 0 N–H and O–H groups in total. The minimum atomic E-state index is 0.320. The van der Waals surface area contributed by atoms with Gasteiger partial charge in [0, 0.05) is 12.3 Å². The smallest absolute Gasteiger partial charge is 0.136 e. The van der Waals surface area contributed by atoms with Crippen molar-refractivity contribution in [3.63, 3.8) is 0 Å². The van der Waals surface area contributed by atoms with Crippen LogP contribution in [0.1, 0.15) is 46.5 Å². The van der Waals surface area contributed by atoms with E-state index in [0.29, 0.717) is 23.0 Å². The molecule has 1 heteroatoms. The summed E-state index contributed by atoms with van der Waals surface area (Å²) in [6.07, 6.45) is 6.51. The summed E-state index contributed by atoms with van der Waals surface area (Å²) in [6, 6.07) is 0. The molecule has 78 valence electrons. The van der Waals surface area contributed by atoms with E-state index in [1.54, 1.807) is 0 Å². The highest BCUT2D eigenvalue weighted by Crippen LogP contribution is 2.45. The highest BCUT2D eigenvalue weighted by Gasteiger charge is 2.40. The zero-order valence-corrected chi connectivity index (χ0v) is 9.47. The predicted octanol–water partition coefficient (Wildman–Crippen LogP) is 3.35. The Bertz CT molecular complexity index is 286. The summed E-state index contributed by atoms with van der Waals surface area (Å²) in [7, 11) is 0. The first-order valence-electron chi connectivity index (χ1n) is 5.69. The minimum absolute atomic E-state index is 0.320. The molecule has 1 fully saturated rings. The maximum Gasteiger partial charge on any atom is 0.136 e. The van der Waals surface area contributed by atoms with Gasteiger partial charge in [-0.1, -0.05) is 25.5 Å². The van der Waals surface area contributed by atoms with Crippen LogP contribution in [-0.2, 0) is 4.79 Å². The Kier molecular flexibility index (Phi) is 2.29. The summed E-state index contributed by atoms with van der Waals surface area (Å²) in [4.78, 5) is 11.8. The molecule has 0 bridgehead atoms. The molecule has 0 heterocycles. The number of fused-ring (bicyclic) bond motifs is 1. The van der Waals surface area contributed by atoms with Gasteiger partial charge in [0.05, 0.1) is 0 Å². The first-order chi connectivity index (χ1) is 6.49. The number of hydrogen-bond donors (Lipinski definition) is 0. The second kappa shape index (κ2) is 3.22. The first-order valence-corrected chi connectivity index (χ1v) is 5.69. The molecule has 0 spiro atoms. The number of hydrogen-bond acceptors (Lipinski definition) is 1. The molecule has 0 aliphatic heterocycles. The van der Waals surface area contributed by atoms with Gasteiger partial charge in [0.1, 0.15) is 5.78 Å². The largest absolute Gasteiger partial charge is 0.299 e. The van der Waals surface area contributed by atoms with E-state index in [1.807, 2.05) is 0 Å². The van der Waals surface area contributed by atoms with E-state index in [2.05, 4.69) is 26.8 Å². The van der Waals surface area contributed by atoms with Gasteiger partial charge < -0.3 is 0 Å². The van der Waals surface area contributed by atoms with Crippen LogP contribution in [0.3, 0.4) is 0 Å². The van der Waals surface area contributed by atoms with Gasteiger partial charge in [0.15, 0.2) is 0 Å². The first kappa shape index (κ1) is 9.95. The molecule has 1 nitrogen and oxygen atoms in total. The summed E-state index contributed by atoms with van der Waals surface area (Å²) in [5.74, 6) is 1.42. The Morgan fingerprint density at radius 2 is 2.07 bits per heavy atom. The minimum Gasteiger partial charge on any atom is -0.299 e. The molecule has 2 aliphatic carbocycles. The van der Waals surface area contributed by atoms with Crippen molar-refractivity contribution < 1.29 is 4.79 Å². The molecule has 0 amide bonds. The van der Waals surface area contributed by atoms with E-state index in [4.69, 9.17) is 0 Å². The zero-order valence-electron chi connectivity index (χ0n) is 9.47. The van der Waals surface area contributed by atoms with Crippen molar-refractivity contribution in [3.8, 4) is 0 Å². The topological polar surface area (TPSA) is 17.1 Å². The van der Waals surface area contributed by atoms with E-state index >= 15 is 0 Å². The second-order valence-corrected chi connectivity index (χ2v) is 5.74. The summed E-state index contributed by atoms with van der Waals surface area (Å²) >= 11 is 0. The molecule has 1 saturated carbocycles. The fraction of sp³-hybridized carbons (Fsp3) is 0.769. The van der Waals surface area contributed by atoms with Crippen molar-refractivity contribution in [3.05, 3.63) is 11.6 Å². The van der Waals surface area contributed by atoms with Gasteiger partial charge >= 0.3 is 0 Å². The lowest BCUT2D eigenvalue weighted by atomic mass is 9.78. The standard InChI is InChI=1S/C13H20O/c1-9-6-7-13(2,3)8-11-10(9)4-5-12(11)14/h6,10-11H,4-5,7-8H2,1-3H3/t10-,11-/m0/s1. The van der Waals surface area contributed by atoms with Crippen LogP contribution in [0.2, 0.25) is 0 Å². The number of Topliss-reactive ketones (excluding diaryl/α,β-unsaturated/α-hetero) is 1. The summed E-state index contributed by atoms with van der Waals surface area (Å²) in [6.45, 7) is 6.77. The lowest BCUT2D eigenvalue weighted by Gasteiger charge is -2.25. The van der Waals surface area contributed by atoms with Crippen LogP contribution in [0.15, 0.2) is 11.6 Å². The van der Waals surface area contributed by atoms with Crippen LogP contribution in [-0.4, -0.2) is 5.78 Å². The lowest BCUT2D eigenvalue weighted by Crippen LogP contribution is -2.21. The lowest BCUT2D eigenvalue weighted by molar-refractivity contribution is -0.121. The monoisotopic (exact) mass is 192 g/mol. The van der Waals surface area contributed by atoms with E-state index < -0.39 is 0 Å². The van der Waals surface area contributed by atoms with E-state index in [0.717, 1.165) is 25.7 Å². The van der Waals surface area contributed by atoms with Crippen LogP contribution in [0.4, 0.5) is 0 Å². The van der Waals surface area contributed by atoms with E-state index in [-0.39, 0.29) is 0 Å². The van der Waals surface area contributed by atoms with Gasteiger partial charge in [-0.05, 0) is 37.5 Å². The molecule has 0 aromatic heterocycles. The molecule has 14 heavy (non-hydrogen) atoms. The van der Waals surface area contributed by atoms with Gasteiger partial charge in [-0.25, -0.2) is 0 Å². The van der Waals surface area contributed by atoms with Crippen molar-refractivity contribution in [2.45, 2.75) is 46.5 Å². The molecule has 0 saturated heterocycles. The third kappa shape index (κ3) is 1.65. The van der Waals surface area contributed by atoms with Gasteiger partial charge in [-0.2, -0.15) is 0 Å². The number of allylic oxidation sites excluding steroid dienone is 2. The zero-order chi connectivity index (χ0) is 10.3. The van der Waals surface area contributed by atoms with Crippen molar-refractivity contribution in [2.24, 2.45) is 17.3 Å². The van der Waals surface area contributed by atoms with Crippen LogP contribution in [0.25, 0.3) is 0 Å². The Labute approximate surface area is 86.6 Å². The number of carbonyl (C=O) groups excluding carboxylic acids is 1. The second-order valence-electron chi connectivity index (χ2n) is 5.74. The maximum atomic E-state index is 11.8. The fourth-order valence-electron chi connectivity index (χ4n) is 2.98. The molecular weight excluding hydrogens is 172 g/mol. The molecule has 0 aromatic carbocycles. The molecule has 0 unspecified atom stereocenters. The van der Waals surface area contributed by atoms with Crippen LogP contribution in [0.5, 0.6) is 0 Å². The molecule has 2 atom stereocenters. The quantitative estimate of drug-likeness (QED) is 0.538. The average molecular weight is 192 g/mol. The summed E-state index contributed by atoms with van der Waals surface area (Å²) in [5, 5.41) is 0. The molecular formula is C13H20O.